The Hall–Kier alpha value is -0.800. The van der Waals surface area contributed by atoms with Gasteiger partial charge in [-0.3, -0.25) is 4.90 Å². The van der Waals surface area contributed by atoms with Crippen LogP contribution in [0.2, 0.25) is 0 Å². The van der Waals surface area contributed by atoms with Gasteiger partial charge in [-0.05, 0) is 18.9 Å². The number of nitrogens with zero attached hydrogens (tertiary/aromatic N) is 1. The molecule has 0 amide bonds. The van der Waals surface area contributed by atoms with Gasteiger partial charge >= 0.3 is 0 Å². The van der Waals surface area contributed by atoms with Crippen LogP contribution in [0.4, 0.5) is 0 Å². The summed E-state index contributed by atoms with van der Waals surface area (Å²) in [4.78, 5) is 2.31. The van der Waals surface area contributed by atoms with Crippen LogP contribution < -0.4 is 0 Å². The predicted octanol–water partition coefficient (Wildman–Crippen LogP) is 1.24. The third-order valence-electron chi connectivity index (χ3n) is 2.42. The van der Waals surface area contributed by atoms with Crippen molar-refractivity contribution in [2.45, 2.75) is 25.4 Å². The first-order chi connectivity index (χ1) is 6.40. The summed E-state index contributed by atoms with van der Waals surface area (Å²) in [6.07, 6.45) is 6.02. The molecule has 1 heterocycles. The smallest absolute Gasteiger partial charge is 0.0947 e. The third kappa shape index (κ3) is 2.32. The Labute approximate surface area is 78.0 Å². The minimum absolute atomic E-state index is 0.244. The number of rotatable bonds is 5. The molecule has 0 unspecified atom stereocenters. The molecule has 1 N–H and O–H groups in total. The fourth-order valence-corrected chi connectivity index (χ4v) is 1.58. The van der Waals surface area contributed by atoms with Gasteiger partial charge in [0.25, 0.3) is 0 Å². The van der Waals surface area contributed by atoms with Crippen molar-refractivity contribution in [3.8, 4) is 0 Å². The Balaban J connectivity index is 1.89. The topological polar surface area (TPSA) is 36.6 Å². The van der Waals surface area contributed by atoms with E-state index < -0.39 is 0 Å². The molecule has 1 aromatic heterocycles. The van der Waals surface area contributed by atoms with Gasteiger partial charge in [0.15, 0.2) is 0 Å². The molecule has 3 nitrogen and oxygen atoms in total. The molecule has 3 heteroatoms. The van der Waals surface area contributed by atoms with Gasteiger partial charge in [-0.1, -0.05) is 0 Å². The van der Waals surface area contributed by atoms with Crippen molar-refractivity contribution in [1.29, 1.82) is 0 Å². The molecule has 2 rings (SSSR count). The lowest BCUT2D eigenvalue weighted by atomic mass is 10.3. The number of aliphatic hydroxyl groups excluding tert-OH is 1. The van der Waals surface area contributed by atoms with Gasteiger partial charge in [0.1, 0.15) is 0 Å². The van der Waals surface area contributed by atoms with E-state index in [0.717, 1.165) is 13.1 Å². The molecule has 0 aliphatic heterocycles. The van der Waals surface area contributed by atoms with Crippen molar-refractivity contribution in [1.82, 2.24) is 4.90 Å². The maximum absolute atomic E-state index is 8.88. The molecule has 1 fully saturated rings. The molecule has 1 aliphatic rings. The summed E-state index contributed by atoms with van der Waals surface area (Å²) in [6, 6.07) is 2.68. The number of aliphatic hydroxyl groups is 1. The lowest BCUT2D eigenvalue weighted by molar-refractivity contribution is 0.183. The summed E-state index contributed by atoms with van der Waals surface area (Å²) in [5.41, 5.74) is 1.19. The van der Waals surface area contributed by atoms with E-state index >= 15 is 0 Å². The second-order valence-corrected chi connectivity index (χ2v) is 3.56. The summed E-state index contributed by atoms with van der Waals surface area (Å²) in [7, 11) is 0. The largest absolute Gasteiger partial charge is 0.472 e. The molecule has 0 aromatic carbocycles. The minimum atomic E-state index is 0.244. The van der Waals surface area contributed by atoms with Gasteiger partial charge in [-0.2, -0.15) is 0 Å². The van der Waals surface area contributed by atoms with Crippen LogP contribution in [-0.2, 0) is 6.54 Å². The van der Waals surface area contributed by atoms with Crippen LogP contribution in [0.3, 0.4) is 0 Å². The van der Waals surface area contributed by atoms with Gasteiger partial charge in [-0.25, -0.2) is 0 Å². The SMILES string of the molecule is OCCN(Cc1ccoc1)C1CC1. The summed E-state index contributed by atoms with van der Waals surface area (Å²) >= 11 is 0. The van der Waals surface area contributed by atoms with Crippen molar-refractivity contribution >= 4 is 0 Å². The predicted molar refractivity (Wildman–Crippen MR) is 49.2 cm³/mol. The Morgan fingerprint density at radius 1 is 1.54 bits per heavy atom. The number of hydrogen-bond donors (Lipinski definition) is 1. The van der Waals surface area contributed by atoms with E-state index in [0.29, 0.717) is 6.04 Å². The molecular formula is C10H15NO2. The van der Waals surface area contributed by atoms with Crippen LogP contribution in [0.1, 0.15) is 18.4 Å². The molecule has 1 aliphatic carbocycles. The van der Waals surface area contributed by atoms with Crippen molar-refractivity contribution < 1.29 is 9.52 Å². The summed E-state index contributed by atoms with van der Waals surface area (Å²) < 4.78 is 5.00. The summed E-state index contributed by atoms with van der Waals surface area (Å²) in [5, 5.41) is 8.88. The first kappa shape index (κ1) is 8.78. The molecule has 0 atom stereocenters. The fraction of sp³-hybridized carbons (Fsp3) is 0.600. The Morgan fingerprint density at radius 3 is 2.92 bits per heavy atom. The number of hydrogen-bond acceptors (Lipinski definition) is 3. The maximum atomic E-state index is 8.88. The Kier molecular flexibility index (Phi) is 2.66. The monoisotopic (exact) mass is 181 g/mol. The zero-order valence-electron chi connectivity index (χ0n) is 7.65. The number of furan rings is 1. The first-order valence-corrected chi connectivity index (χ1v) is 4.76. The normalized spacial score (nSPS) is 16.8. The molecule has 0 radical (unpaired) electrons. The maximum Gasteiger partial charge on any atom is 0.0947 e. The van der Waals surface area contributed by atoms with Crippen molar-refractivity contribution in [3.63, 3.8) is 0 Å². The quantitative estimate of drug-likeness (QED) is 0.742. The average Bonchev–Trinajstić information content (AvgIpc) is 2.85. The van der Waals surface area contributed by atoms with Gasteiger partial charge in [0.2, 0.25) is 0 Å². The highest BCUT2D eigenvalue weighted by atomic mass is 16.3. The van der Waals surface area contributed by atoms with Crippen LogP contribution in [0.5, 0.6) is 0 Å². The van der Waals surface area contributed by atoms with Crippen LogP contribution >= 0.6 is 0 Å². The van der Waals surface area contributed by atoms with E-state index in [2.05, 4.69) is 4.90 Å². The van der Waals surface area contributed by atoms with Gasteiger partial charge in [-0.15, -0.1) is 0 Å². The van der Waals surface area contributed by atoms with E-state index in [1.54, 1.807) is 12.5 Å². The highest BCUT2D eigenvalue weighted by Gasteiger charge is 2.28. The lowest BCUT2D eigenvalue weighted by Crippen LogP contribution is -2.28. The van der Waals surface area contributed by atoms with E-state index in [-0.39, 0.29) is 6.61 Å². The van der Waals surface area contributed by atoms with E-state index in [4.69, 9.17) is 9.52 Å². The molecule has 13 heavy (non-hydrogen) atoms. The molecular weight excluding hydrogens is 166 g/mol. The van der Waals surface area contributed by atoms with Gasteiger partial charge in [0.05, 0.1) is 19.1 Å². The third-order valence-corrected chi connectivity index (χ3v) is 2.42. The van der Waals surface area contributed by atoms with Crippen molar-refractivity contribution in [3.05, 3.63) is 24.2 Å². The zero-order valence-corrected chi connectivity index (χ0v) is 7.65. The molecule has 1 aromatic rings. The van der Waals surface area contributed by atoms with Gasteiger partial charge in [0, 0.05) is 24.7 Å². The standard InChI is InChI=1S/C10H15NO2/c12-5-4-11(10-1-2-10)7-9-3-6-13-8-9/h3,6,8,10,12H,1-2,4-5,7H2. The van der Waals surface area contributed by atoms with E-state index in [1.165, 1.54) is 18.4 Å². The van der Waals surface area contributed by atoms with Crippen molar-refractivity contribution in [2.24, 2.45) is 0 Å². The highest BCUT2D eigenvalue weighted by Crippen LogP contribution is 2.27. The zero-order chi connectivity index (χ0) is 9.10. The van der Waals surface area contributed by atoms with E-state index in [1.807, 2.05) is 6.07 Å². The highest BCUT2D eigenvalue weighted by molar-refractivity contribution is 5.06. The Bertz CT molecular complexity index is 241. The first-order valence-electron chi connectivity index (χ1n) is 4.76. The van der Waals surface area contributed by atoms with Crippen molar-refractivity contribution in [2.75, 3.05) is 13.2 Å². The molecule has 0 bridgehead atoms. The minimum Gasteiger partial charge on any atom is -0.472 e. The van der Waals surface area contributed by atoms with Crippen LogP contribution in [0.25, 0.3) is 0 Å². The fourth-order valence-electron chi connectivity index (χ4n) is 1.58. The van der Waals surface area contributed by atoms with E-state index in [9.17, 15) is 0 Å². The van der Waals surface area contributed by atoms with Crippen LogP contribution in [0.15, 0.2) is 23.0 Å². The second kappa shape index (κ2) is 3.94. The molecule has 0 spiro atoms. The molecule has 0 saturated heterocycles. The molecule has 72 valence electrons. The summed E-state index contributed by atoms with van der Waals surface area (Å²) in [5.74, 6) is 0. The van der Waals surface area contributed by atoms with Crippen LogP contribution in [-0.4, -0.2) is 29.2 Å². The Morgan fingerprint density at radius 2 is 2.38 bits per heavy atom. The lowest BCUT2D eigenvalue weighted by Gasteiger charge is -2.19. The molecule has 1 saturated carbocycles. The van der Waals surface area contributed by atoms with Crippen LogP contribution in [0, 0.1) is 0 Å². The average molecular weight is 181 g/mol. The van der Waals surface area contributed by atoms with Gasteiger partial charge < -0.3 is 9.52 Å². The summed E-state index contributed by atoms with van der Waals surface area (Å²) in [6.45, 7) is 1.92. The second-order valence-electron chi connectivity index (χ2n) is 3.56.